The molecular formula is C22H26N2O3S. The summed E-state index contributed by atoms with van der Waals surface area (Å²) in [6.07, 6.45) is 2.64. The summed E-state index contributed by atoms with van der Waals surface area (Å²) in [5.74, 6) is -0.190. The molecule has 0 aliphatic carbocycles. The predicted octanol–water partition coefficient (Wildman–Crippen LogP) is 4.80. The van der Waals surface area contributed by atoms with Crippen LogP contribution in [-0.2, 0) is 17.6 Å². The molecule has 3 aromatic rings. The van der Waals surface area contributed by atoms with Crippen molar-refractivity contribution >= 4 is 34.1 Å². The maximum absolute atomic E-state index is 12.3. The van der Waals surface area contributed by atoms with E-state index in [1.807, 2.05) is 19.1 Å². The Morgan fingerprint density at radius 1 is 1.11 bits per heavy atom. The summed E-state index contributed by atoms with van der Waals surface area (Å²) in [5, 5.41) is 0.942. The number of fused-ring (bicyclic) bond motifs is 1. The fourth-order valence-corrected chi connectivity index (χ4v) is 4.40. The van der Waals surface area contributed by atoms with Gasteiger partial charge in [0.15, 0.2) is 0 Å². The fourth-order valence-electron chi connectivity index (χ4n) is 3.39. The topological polar surface area (TPSA) is 71.3 Å². The first-order chi connectivity index (χ1) is 13.3. The van der Waals surface area contributed by atoms with Crippen molar-refractivity contribution in [3.05, 3.63) is 56.5 Å². The number of hydrazine groups is 1. The Balaban J connectivity index is 1.67. The second-order valence-electron chi connectivity index (χ2n) is 7.37. The summed E-state index contributed by atoms with van der Waals surface area (Å²) in [4.78, 5) is 26.4. The van der Waals surface area contributed by atoms with E-state index in [9.17, 15) is 9.59 Å². The molecule has 148 valence electrons. The van der Waals surface area contributed by atoms with Gasteiger partial charge in [-0.05, 0) is 61.1 Å². The number of nitrogens with one attached hydrogen (secondary N) is 2. The monoisotopic (exact) mass is 398 g/mol. The predicted molar refractivity (Wildman–Crippen MR) is 113 cm³/mol. The van der Waals surface area contributed by atoms with E-state index in [4.69, 9.17) is 4.42 Å². The summed E-state index contributed by atoms with van der Waals surface area (Å²) in [6.45, 7) is 10.4. The molecule has 2 heterocycles. The van der Waals surface area contributed by atoms with Gasteiger partial charge in [-0.3, -0.25) is 20.4 Å². The van der Waals surface area contributed by atoms with Crippen molar-refractivity contribution in [3.63, 3.8) is 0 Å². The van der Waals surface area contributed by atoms with Crippen LogP contribution >= 0.6 is 11.3 Å². The molecule has 0 atom stereocenters. The van der Waals surface area contributed by atoms with Gasteiger partial charge in [0.1, 0.15) is 5.58 Å². The van der Waals surface area contributed by atoms with Gasteiger partial charge in [-0.15, -0.1) is 11.3 Å². The molecule has 0 aliphatic rings. The second kappa shape index (κ2) is 8.19. The zero-order valence-electron chi connectivity index (χ0n) is 16.9. The molecule has 2 amide bonds. The zero-order valence-corrected chi connectivity index (χ0v) is 17.8. The minimum atomic E-state index is -0.295. The normalized spacial score (nSPS) is 11.2. The molecule has 0 fully saturated rings. The lowest BCUT2D eigenvalue weighted by Crippen LogP contribution is -2.42. The van der Waals surface area contributed by atoms with Crippen LogP contribution in [0, 0.1) is 13.8 Å². The number of thiophene rings is 1. The third kappa shape index (κ3) is 4.12. The van der Waals surface area contributed by atoms with Crippen LogP contribution in [0.1, 0.15) is 63.5 Å². The number of hydrogen-bond acceptors (Lipinski definition) is 4. The van der Waals surface area contributed by atoms with Gasteiger partial charge in [0.2, 0.25) is 5.91 Å². The summed E-state index contributed by atoms with van der Waals surface area (Å²) in [7, 11) is 0. The van der Waals surface area contributed by atoms with Crippen LogP contribution in [0.25, 0.3) is 11.0 Å². The maximum atomic E-state index is 12.3. The lowest BCUT2D eigenvalue weighted by atomic mass is 9.95. The Kier molecular flexibility index (Phi) is 5.89. The van der Waals surface area contributed by atoms with Gasteiger partial charge >= 0.3 is 0 Å². The Bertz CT molecular complexity index is 1030. The van der Waals surface area contributed by atoms with E-state index in [2.05, 4.69) is 44.6 Å². The maximum Gasteiger partial charge on any atom is 0.279 e. The largest absolute Gasteiger partial charge is 0.464 e. The van der Waals surface area contributed by atoms with Gasteiger partial charge in [-0.1, -0.05) is 20.8 Å². The molecule has 0 unspecified atom stereocenters. The third-order valence-electron chi connectivity index (χ3n) is 4.90. The van der Waals surface area contributed by atoms with Crippen LogP contribution in [0.2, 0.25) is 0 Å². The highest BCUT2D eigenvalue weighted by Crippen LogP contribution is 2.29. The van der Waals surface area contributed by atoms with Crippen molar-refractivity contribution < 1.29 is 14.0 Å². The van der Waals surface area contributed by atoms with E-state index >= 15 is 0 Å². The van der Waals surface area contributed by atoms with E-state index in [0.29, 0.717) is 10.8 Å². The summed E-state index contributed by atoms with van der Waals surface area (Å²) in [5.41, 5.74) is 10.1. The number of carbonyl (C=O) groups is 2. The van der Waals surface area contributed by atoms with Gasteiger partial charge < -0.3 is 4.42 Å². The number of carbonyl (C=O) groups excluding carboxylic acids is 2. The van der Waals surface area contributed by atoms with E-state index in [-0.39, 0.29) is 18.2 Å². The first-order valence-corrected chi connectivity index (χ1v) is 10.3. The Morgan fingerprint density at radius 2 is 1.86 bits per heavy atom. The van der Waals surface area contributed by atoms with Gasteiger partial charge in [-0.2, -0.15) is 0 Å². The Hall–Kier alpha value is -2.60. The first kappa shape index (κ1) is 20.1. The summed E-state index contributed by atoms with van der Waals surface area (Å²) < 4.78 is 5.62. The van der Waals surface area contributed by atoms with Crippen molar-refractivity contribution in [2.75, 3.05) is 0 Å². The van der Waals surface area contributed by atoms with Crippen LogP contribution in [0.3, 0.4) is 0 Å². The second-order valence-corrected chi connectivity index (χ2v) is 8.51. The van der Waals surface area contributed by atoms with Gasteiger partial charge in [0.05, 0.1) is 17.6 Å². The number of amides is 2. The number of aryl methyl sites for hydroxylation is 3. The van der Waals surface area contributed by atoms with E-state index in [1.54, 1.807) is 6.26 Å². The standard InChI is InChI=1S/C22H26N2O3S/c1-6-19-14(5)8-20(28-19)22(26)24-23-21(25)9-15-11-27-18-7-13(4)16(12(2)3)10-17(15)18/h7-8,10-12H,6,9H2,1-5H3,(H,23,25)(H,24,26). The highest BCUT2D eigenvalue weighted by Gasteiger charge is 2.16. The van der Waals surface area contributed by atoms with Crippen molar-refractivity contribution in [2.24, 2.45) is 0 Å². The highest BCUT2D eigenvalue weighted by atomic mass is 32.1. The van der Waals surface area contributed by atoms with Gasteiger partial charge in [0, 0.05) is 15.8 Å². The van der Waals surface area contributed by atoms with Crippen LogP contribution in [0.4, 0.5) is 0 Å². The summed E-state index contributed by atoms with van der Waals surface area (Å²) >= 11 is 1.45. The van der Waals surface area contributed by atoms with Crippen molar-refractivity contribution in [1.82, 2.24) is 10.9 Å². The van der Waals surface area contributed by atoms with Crippen LogP contribution in [-0.4, -0.2) is 11.8 Å². The lowest BCUT2D eigenvalue weighted by molar-refractivity contribution is -0.121. The molecule has 2 aromatic heterocycles. The van der Waals surface area contributed by atoms with Crippen molar-refractivity contribution in [1.29, 1.82) is 0 Å². The Labute approximate surface area is 169 Å². The van der Waals surface area contributed by atoms with Crippen LogP contribution in [0.15, 0.2) is 28.9 Å². The molecular weight excluding hydrogens is 372 g/mol. The molecule has 3 rings (SSSR count). The third-order valence-corrected chi connectivity index (χ3v) is 6.28. The average Bonchev–Trinajstić information content (AvgIpc) is 3.21. The fraction of sp³-hybridized carbons (Fsp3) is 0.364. The molecule has 0 aliphatic heterocycles. The molecule has 28 heavy (non-hydrogen) atoms. The van der Waals surface area contributed by atoms with Crippen molar-refractivity contribution in [3.8, 4) is 0 Å². The molecule has 0 radical (unpaired) electrons. The van der Waals surface area contributed by atoms with Gasteiger partial charge in [-0.25, -0.2) is 0 Å². The Morgan fingerprint density at radius 3 is 2.50 bits per heavy atom. The van der Waals surface area contributed by atoms with Crippen LogP contribution in [0.5, 0.6) is 0 Å². The number of benzene rings is 1. The molecule has 5 nitrogen and oxygen atoms in total. The van der Waals surface area contributed by atoms with Crippen molar-refractivity contribution in [2.45, 2.75) is 53.4 Å². The van der Waals surface area contributed by atoms with Gasteiger partial charge in [0.25, 0.3) is 5.91 Å². The number of furan rings is 1. The molecule has 0 saturated heterocycles. The first-order valence-electron chi connectivity index (χ1n) is 9.49. The zero-order chi connectivity index (χ0) is 20.4. The molecule has 6 heteroatoms. The smallest absolute Gasteiger partial charge is 0.279 e. The molecule has 0 spiro atoms. The number of rotatable bonds is 5. The highest BCUT2D eigenvalue weighted by molar-refractivity contribution is 7.14. The summed E-state index contributed by atoms with van der Waals surface area (Å²) in [6, 6.07) is 5.96. The minimum absolute atomic E-state index is 0.136. The quantitative estimate of drug-likeness (QED) is 0.607. The lowest BCUT2D eigenvalue weighted by Gasteiger charge is -2.10. The minimum Gasteiger partial charge on any atom is -0.464 e. The molecule has 1 aromatic carbocycles. The van der Waals surface area contributed by atoms with E-state index in [1.165, 1.54) is 27.3 Å². The average molecular weight is 399 g/mol. The number of hydrogen-bond donors (Lipinski definition) is 2. The van der Waals surface area contributed by atoms with E-state index < -0.39 is 0 Å². The van der Waals surface area contributed by atoms with Crippen LogP contribution < -0.4 is 10.9 Å². The molecule has 2 N–H and O–H groups in total. The molecule has 0 bridgehead atoms. The molecule has 0 saturated carbocycles. The van der Waals surface area contributed by atoms with E-state index in [0.717, 1.165) is 28.5 Å². The SMILES string of the molecule is CCc1sc(C(=O)NNC(=O)Cc2coc3cc(C)c(C(C)C)cc23)cc1C.